The molecule has 0 amide bonds. The van der Waals surface area contributed by atoms with Gasteiger partial charge >= 0.3 is 0 Å². The summed E-state index contributed by atoms with van der Waals surface area (Å²) in [7, 11) is 0. The molecule has 16 heavy (non-hydrogen) atoms. The largest absolute Gasteiger partial charge is 0.328 e. The van der Waals surface area contributed by atoms with Crippen LogP contribution in [0.25, 0.3) is 0 Å². The second-order valence-corrected chi connectivity index (χ2v) is 4.99. The Balaban J connectivity index is 2.00. The highest BCUT2D eigenvalue weighted by molar-refractivity contribution is 5.18. The third-order valence-corrected chi connectivity index (χ3v) is 3.83. The first-order valence-corrected chi connectivity index (χ1v) is 6.23. The molecule has 1 aromatic carbocycles. The van der Waals surface area contributed by atoms with Crippen molar-refractivity contribution in [3.63, 3.8) is 0 Å². The molecule has 0 radical (unpaired) electrons. The van der Waals surface area contributed by atoms with Crippen molar-refractivity contribution in [2.24, 2.45) is 11.7 Å². The van der Waals surface area contributed by atoms with Crippen LogP contribution in [-0.4, -0.2) is 24.0 Å². The van der Waals surface area contributed by atoms with Gasteiger partial charge in [0.1, 0.15) is 0 Å². The van der Waals surface area contributed by atoms with Gasteiger partial charge in [-0.3, -0.25) is 4.90 Å². The molecule has 2 rings (SSSR count). The first-order chi connectivity index (χ1) is 7.68. The van der Waals surface area contributed by atoms with E-state index in [1.165, 1.54) is 18.5 Å². The van der Waals surface area contributed by atoms with Crippen LogP contribution in [0.4, 0.5) is 0 Å². The smallest absolute Gasteiger partial charge is 0.0320 e. The third kappa shape index (κ3) is 2.45. The molecule has 0 aliphatic carbocycles. The van der Waals surface area contributed by atoms with Gasteiger partial charge in [0, 0.05) is 18.6 Å². The van der Waals surface area contributed by atoms with E-state index >= 15 is 0 Å². The van der Waals surface area contributed by atoms with Crippen LogP contribution in [0.2, 0.25) is 0 Å². The Hall–Kier alpha value is -0.860. The second-order valence-electron chi connectivity index (χ2n) is 4.99. The van der Waals surface area contributed by atoms with Crippen molar-refractivity contribution in [3.8, 4) is 0 Å². The van der Waals surface area contributed by atoms with Crippen LogP contribution in [0.1, 0.15) is 31.9 Å². The summed E-state index contributed by atoms with van der Waals surface area (Å²) in [4.78, 5) is 2.54. The van der Waals surface area contributed by atoms with Crippen LogP contribution < -0.4 is 5.73 Å². The fourth-order valence-corrected chi connectivity index (χ4v) is 2.54. The Labute approximate surface area is 98.4 Å². The number of rotatable bonds is 3. The number of nitrogens with zero attached hydrogens (tertiary/aromatic N) is 1. The molecule has 0 spiro atoms. The Morgan fingerprint density at radius 2 is 1.94 bits per heavy atom. The van der Waals surface area contributed by atoms with Crippen LogP contribution in [0.3, 0.4) is 0 Å². The van der Waals surface area contributed by atoms with Gasteiger partial charge in [-0.25, -0.2) is 0 Å². The van der Waals surface area contributed by atoms with Gasteiger partial charge in [0.25, 0.3) is 0 Å². The summed E-state index contributed by atoms with van der Waals surface area (Å²) < 4.78 is 0. The summed E-state index contributed by atoms with van der Waals surface area (Å²) in [5, 5.41) is 0. The summed E-state index contributed by atoms with van der Waals surface area (Å²) in [6, 6.07) is 11.6. The normalized spacial score (nSPS) is 25.6. The lowest BCUT2D eigenvalue weighted by Crippen LogP contribution is -2.30. The average molecular weight is 218 g/mol. The number of likely N-dealkylation sites (tertiary alicyclic amines) is 1. The fourth-order valence-electron chi connectivity index (χ4n) is 2.54. The van der Waals surface area contributed by atoms with Gasteiger partial charge in [-0.2, -0.15) is 0 Å². The molecule has 1 heterocycles. The molecule has 0 bridgehead atoms. The highest BCUT2D eigenvalue weighted by atomic mass is 15.2. The van der Waals surface area contributed by atoms with Gasteiger partial charge in [-0.05, 0) is 38.3 Å². The summed E-state index contributed by atoms with van der Waals surface area (Å²) >= 11 is 0. The van der Waals surface area contributed by atoms with E-state index in [1.54, 1.807) is 0 Å². The lowest BCUT2D eigenvalue weighted by atomic mass is 10.0. The van der Waals surface area contributed by atoms with Crippen LogP contribution in [0.15, 0.2) is 30.3 Å². The molecule has 1 unspecified atom stereocenters. The van der Waals surface area contributed by atoms with Gasteiger partial charge in [0.05, 0.1) is 0 Å². The molecule has 0 saturated carbocycles. The number of hydrogen-bond donors (Lipinski definition) is 1. The van der Waals surface area contributed by atoms with Crippen LogP contribution in [0, 0.1) is 5.92 Å². The van der Waals surface area contributed by atoms with Crippen molar-refractivity contribution in [3.05, 3.63) is 35.9 Å². The van der Waals surface area contributed by atoms with Gasteiger partial charge in [0.15, 0.2) is 0 Å². The monoisotopic (exact) mass is 218 g/mol. The third-order valence-electron chi connectivity index (χ3n) is 3.83. The van der Waals surface area contributed by atoms with E-state index in [1.807, 2.05) is 0 Å². The zero-order valence-electron chi connectivity index (χ0n) is 10.3. The van der Waals surface area contributed by atoms with Gasteiger partial charge < -0.3 is 5.73 Å². The number of nitrogens with two attached hydrogens (primary N) is 1. The number of hydrogen-bond acceptors (Lipinski definition) is 2. The Morgan fingerprint density at radius 1 is 1.25 bits per heavy atom. The highest BCUT2D eigenvalue weighted by Crippen LogP contribution is 2.28. The average Bonchev–Trinajstić information content (AvgIpc) is 2.78. The minimum absolute atomic E-state index is 0.327. The van der Waals surface area contributed by atoms with Crippen molar-refractivity contribution in [2.45, 2.75) is 32.4 Å². The maximum Gasteiger partial charge on any atom is 0.0320 e. The summed E-state index contributed by atoms with van der Waals surface area (Å²) in [5.74, 6) is 0.672. The molecule has 3 atom stereocenters. The lowest BCUT2D eigenvalue weighted by molar-refractivity contribution is 0.248. The zero-order valence-corrected chi connectivity index (χ0v) is 10.3. The van der Waals surface area contributed by atoms with Crippen molar-refractivity contribution in [2.75, 3.05) is 13.1 Å². The van der Waals surface area contributed by atoms with E-state index in [2.05, 4.69) is 49.1 Å². The molecule has 1 aliphatic rings. The molecule has 2 N–H and O–H groups in total. The molecular weight excluding hydrogens is 196 g/mol. The van der Waals surface area contributed by atoms with E-state index in [9.17, 15) is 0 Å². The fraction of sp³-hybridized carbons (Fsp3) is 0.571. The van der Waals surface area contributed by atoms with E-state index < -0.39 is 0 Å². The molecule has 1 aliphatic heterocycles. The van der Waals surface area contributed by atoms with Gasteiger partial charge in [-0.1, -0.05) is 30.3 Å². The molecule has 1 saturated heterocycles. The van der Waals surface area contributed by atoms with E-state index in [4.69, 9.17) is 5.73 Å². The molecule has 1 fully saturated rings. The summed E-state index contributed by atoms with van der Waals surface area (Å²) in [6.45, 7) is 6.75. The highest BCUT2D eigenvalue weighted by Gasteiger charge is 2.28. The predicted molar refractivity (Wildman–Crippen MR) is 68.2 cm³/mol. The van der Waals surface area contributed by atoms with Crippen molar-refractivity contribution < 1.29 is 0 Å². The van der Waals surface area contributed by atoms with Crippen LogP contribution in [0.5, 0.6) is 0 Å². The van der Waals surface area contributed by atoms with Crippen LogP contribution in [-0.2, 0) is 0 Å². The Bertz CT molecular complexity index is 321. The van der Waals surface area contributed by atoms with E-state index in [-0.39, 0.29) is 0 Å². The Morgan fingerprint density at radius 3 is 2.50 bits per heavy atom. The molecule has 1 aromatic rings. The number of benzene rings is 1. The summed E-state index contributed by atoms with van der Waals surface area (Å²) in [6.07, 6.45) is 1.24. The second kappa shape index (κ2) is 4.98. The molecule has 2 heteroatoms. The topological polar surface area (TPSA) is 29.3 Å². The minimum atomic E-state index is 0.327. The lowest BCUT2D eigenvalue weighted by Gasteiger charge is -2.25. The predicted octanol–water partition coefficient (Wildman–Crippen LogP) is 2.42. The maximum absolute atomic E-state index is 5.97. The summed E-state index contributed by atoms with van der Waals surface area (Å²) in [5.41, 5.74) is 7.38. The molecule has 0 aromatic heterocycles. The first-order valence-electron chi connectivity index (χ1n) is 6.23. The van der Waals surface area contributed by atoms with Gasteiger partial charge in [-0.15, -0.1) is 0 Å². The van der Waals surface area contributed by atoms with E-state index in [0.29, 0.717) is 18.0 Å². The zero-order chi connectivity index (χ0) is 11.5. The van der Waals surface area contributed by atoms with Crippen molar-refractivity contribution >= 4 is 0 Å². The van der Waals surface area contributed by atoms with Crippen LogP contribution >= 0.6 is 0 Å². The molecule has 2 nitrogen and oxygen atoms in total. The Kier molecular flexibility index (Phi) is 3.62. The molecular formula is C14H22N2. The van der Waals surface area contributed by atoms with Crippen molar-refractivity contribution in [1.29, 1.82) is 0 Å². The minimum Gasteiger partial charge on any atom is -0.328 e. The SMILES string of the molecule is CC(N)[C@H]1CCN([C@H](C)c2ccccc2)C1. The quantitative estimate of drug-likeness (QED) is 0.844. The molecule has 88 valence electrons. The van der Waals surface area contributed by atoms with Crippen molar-refractivity contribution in [1.82, 2.24) is 4.90 Å². The van der Waals surface area contributed by atoms with Gasteiger partial charge in [0.2, 0.25) is 0 Å². The first kappa shape index (κ1) is 11.6. The maximum atomic E-state index is 5.97. The standard InChI is InChI=1S/C14H22N2/c1-11(15)14-8-9-16(10-14)12(2)13-6-4-3-5-7-13/h3-7,11-12,14H,8-10,15H2,1-2H3/t11?,12-,14+/m1/s1. The van der Waals surface area contributed by atoms with E-state index in [0.717, 1.165) is 6.54 Å².